The molecule has 0 bridgehead atoms. The van der Waals surface area contributed by atoms with Crippen molar-refractivity contribution in [1.82, 2.24) is 9.55 Å². The van der Waals surface area contributed by atoms with E-state index in [1.54, 1.807) is 16.7 Å². The van der Waals surface area contributed by atoms with E-state index in [1.807, 2.05) is 18.2 Å². The minimum atomic E-state index is -0.361. The van der Waals surface area contributed by atoms with Gasteiger partial charge in [-0.2, -0.15) is 0 Å². The molecule has 0 atom stereocenters. The fourth-order valence-electron chi connectivity index (χ4n) is 2.00. The van der Waals surface area contributed by atoms with Gasteiger partial charge in [0.1, 0.15) is 5.82 Å². The summed E-state index contributed by atoms with van der Waals surface area (Å²) in [6.07, 6.45) is 0. The topological polar surface area (TPSA) is 43.8 Å². The molecule has 0 radical (unpaired) electrons. The Morgan fingerprint density at radius 1 is 1.16 bits per heavy atom. The van der Waals surface area contributed by atoms with E-state index in [4.69, 9.17) is 5.73 Å². The standard InChI is InChI=1S/C13H8Br2FN3/c14-7-4-5-10-11(6-7)19(13(17)18-10)12-8(15)2-1-3-9(12)16/h1-6H,(H2,17,18). The van der Waals surface area contributed by atoms with Gasteiger partial charge in [-0.25, -0.2) is 9.37 Å². The van der Waals surface area contributed by atoms with Gasteiger partial charge in [-0.1, -0.05) is 22.0 Å². The van der Waals surface area contributed by atoms with Gasteiger partial charge in [0.25, 0.3) is 0 Å². The summed E-state index contributed by atoms with van der Waals surface area (Å²) in [4.78, 5) is 4.25. The van der Waals surface area contributed by atoms with E-state index < -0.39 is 0 Å². The number of anilines is 1. The Morgan fingerprint density at radius 2 is 1.95 bits per heavy atom. The number of nitrogens with two attached hydrogens (primary N) is 1. The van der Waals surface area contributed by atoms with Crippen molar-refractivity contribution in [3.63, 3.8) is 0 Å². The zero-order valence-electron chi connectivity index (χ0n) is 9.57. The van der Waals surface area contributed by atoms with E-state index in [1.165, 1.54) is 6.07 Å². The molecule has 3 nitrogen and oxygen atoms in total. The highest BCUT2D eigenvalue weighted by Gasteiger charge is 2.16. The highest BCUT2D eigenvalue weighted by Crippen LogP contribution is 2.31. The van der Waals surface area contributed by atoms with Gasteiger partial charge in [0.15, 0.2) is 0 Å². The number of aromatic nitrogens is 2. The van der Waals surface area contributed by atoms with Crippen molar-refractivity contribution >= 4 is 48.8 Å². The Hall–Kier alpha value is -1.40. The summed E-state index contributed by atoms with van der Waals surface area (Å²) in [5.74, 6) is -0.112. The fraction of sp³-hybridized carbons (Fsp3) is 0. The molecule has 96 valence electrons. The Bertz CT molecular complexity index is 763. The van der Waals surface area contributed by atoms with Gasteiger partial charge >= 0.3 is 0 Å². The highest BCUT2D eigenvalue weighted by atomic mass is 79.9. The van der Waals surface area contributed by atoms with E-state index in [0.29, 0.717) is 10.2 Å². The molecular weight excluding hydrogens is 377 g/mol. The third kappa shape index (κ3) is 2.04. The van der Waals surface area contributed by atoms with Crippen molar-refractivity contribution in [2.45, 2.75) is 0 Å². The summed E-state index contributed by atoms with van der Waals surface area (Å²) in [5.41, 5.74) is 7.75. The van der Waals surface area contributed by atoms with Crippen LogP contribution in [0.5, 0.6) is 0 Å². The highest BCUT2D eigenvalue weighted by molar-refractivity contribution is 9.10. The largest absolute Gasteiger partial charge is 0.369 e. The van der Waals surface area contributed by atoms with Crippen molar-refractivity contribution in [2.24, 2.45) is 0 Å². The van der Waals surface area contributed by atoms with Crippen LogP contribution in [0.15, 0.2) is 45.3 Å². The van der Waals surface area contributed by atoms with Crippen LogP contribution in [0.1, 0.15) is 0 Å². The number of hydrogen-bond acceptors (Lipinski definition) is 2. The SMILES string of the molecule is Nc1nc2ccc(Br)cc2n1-c1c(F)cccc1Br. The van der Waals surface area contributed by atoms with Gasteiger partial charge < -0.3 is 5.73 Å². The zero-order valence-corrected chi connectivity index (χ0v) is 12.7. The first-order valence-corrected chi connectivity index (χ1v) is 7.04. The Kier molecular flexibility index (Phi) is 3.06. The fourth-order valence-corrected chi connectivity index (χ4v) is 2.87. The minimum absolute atomic E-state index is 0.249. The monoisotopic (exact) mass is 383 g/mol. The molecule has 0 aliphatic rings. The first kappa shape index (κ1) is 12.6. The lowest BCUT2D eigenvalue weighted by atomic mass is 10.2. The lowest BCUT2D eigenvalue weighted by molar-refractivity contribution is 0.619. The number of imidazole rings is 1. The van der Waals surface area contributed by atoms with Crippen LogP contribution in [0.25, 0.3) is 16.7 Å². The van der Waals surface area contributed by atoms with E-state index in [0.717, 1.165) is 15.5 Å². The quantitative estimate of drug-likeness (QED) is 0.680. The number of fused-ring (bicyclic) bond motifs is 1. The molecule has 1 aromatic heterocycles. The van der Waals surface area contributed by atoms with Crippen LogP contribution in [0.2, 0.25) is 0 Å². The number of nitrogen functional groups attached to an aromatic ring is 1. The number of benzene rings is 2. The maximum atomic E-state index is 14.1. The summed E-state index contributed by atoms with van der Waals surface area (Å²) < 4.78 is 17.2. The molecule has 19 heavy (non-hydrogen) atoms. The van der Waals surface area contributed by atoms with Crippen molar-refractivity contribution in [3.8, 4) is 5.69 Å². The molecule has 0 saturated heterocycles. The summed E-state index contributed by atoms with van der Waals surface area (Å²) in [7, 11) is 0. The van der Waals surface area contributed by atoms with E-state index in [9.17, 15) is 4.39 Å². The molecule has 3 aromatic rings. The summed E-state index contributed by atoms with van der Waals surface area (Å²) in [5, 5.41) is 0. The van der Waals surface area contributed by atoms with Crippen LogP contribution in [0.3, 0.4) is 0 Å². The maximum absolute atomic E-state index is 14.1. The van der Waals surface area contributed by atoms with Crippen LogP contribution in [0, 0.1) is 5.82 Å². The van der Waals surface area contributed by atoms with E-state index in [2.05, 4.69) is 36.8 Å². The number of rotatable bonds is 1. The summed E-state index contributed by atoms with van der Waals surface area (Å²) in [6, 6.07) is 10.4. The maximum Gasteiger partial charge on any atom is 0.206 e. The molecule has 3 rings (SSSR count). The van der Waals surface area contributed by atoms with E-state index >= 15 is 0 Å². The average molecular weight is 385 g/mol. The Labute approximate surface area is 125 Å². The van der Waals surface area contributed by atoms with E-state index in [-0.39, 0.29) is 11.8 Å². The second-order valence-corrected chi connectivity index (χ2v) is 5.78. The van der Waals surface area contributed by atoms with Crippen LogP contribution in [-0.2, 0) is 0 Å². The Morgan fingerprint density at radius 3 is 2.68 bits per heavy atom. The molecule has 0 aliphatic carbocycles. The lowest BCUT2D eigenvalue weighted by Gasteiger charge is -2.10. The number of nitrogens with zero attached hydrogens (tertiary/aromatic N) is 2. The lowest BCUT2D eigenvalue weighted by Crippen LogP contribution is -2.03. The summed E-state index contributed by atoms with van der Waals surface area (Å²) in [6.45, 7) is 0. The minimum Gasteiger partial charge on any atom is -0.369 e. The molecule has 0 saturated carbocycles. The van der Waals surface area contributed by atoms with Gasteiger partial charge in [-0.05, 0) is 46.3 Å². The molecule has 0 amide bonds. The van der Waals surface area contributed by atoms with Crippen LogP contribution < -0.4 is 5.73 Å². The molecule has 0 unspecified atom stereocenters. The number of para-hydroxylation sites is 1. The van der Waals surface area contributed by atoms with Gasteiger partial charge in [-0.3, -0.25) is 4.57 Å². The predicted molar refractivity (Wildman–Crippen MR) is 80.8 cm³/mol. The first-order chi connectivity index (χ1) is 9.08. The number of halogens is 3. The third-order valence-electron chi connectivity index (χ3n) is 2.80. The second-order valence-electron chi connectivity index (χ2n) is 4.01. The van der Waals surface area contributed by atoms with Crippen molar-refractivity contribution in [1.29, 1.82) is 0 Å². The van der Waals surface area contributed by atoms with Gasteiger partial charge in [0.05, 0.1) is 16.7 Å². The Balaban J connectivity index is 2.42. The van der Waals surface area contributed by atoms with Gasteiger partial charge in [0, 0.05) is 8.95 Å². The van der Waals surface area contributed by atoms with Crippen molar-refractivity contribution in [3.05, 3.63) is 51.2 Å². The molecule has 1 heterocycles. The molecule has 6 heteroatoms. The zero-order chi connectivity index (χ0) is 13.6. The average Bonchev–Trinajstić information content (AvgIpc) is 2.66. The molecule has 2 N–H and O–H groups in total. The van der Waals surface area contributed by atoms with Crippen LogP contribution >= 0.6 is 31.9 Å². The third-order valence-corrected chi connectivity index (χ3v) is 3.94. The molecule has 0 spiro atoms. The first-order valence-electron chi connectivity index (χ1n) is 5.46. The predicted octanol–water partition coefficient (Wildman–Crippen LogP) is 4.27. The van der Waals surface area contributed by atoms with Gasteiger partial charge in [0.2, 0.25) is 5.95 Å². The van der Waals surface area contributed by atoms with Crippen molar-refractivity contribution in [2.75, 3.05) is 5.73 Å². The van der Waals surface area contributed by atoms with Gasteiger partial charge in [-0.15, -0.1) is 0 Å². The summed E-state index contributed by atoms with van der Waals surface area (Å²) >= 11 is 6.75. The normalized spacial score (nSPS) is 11.1. The van der Waals surface area contributed by atoms with Crippen LogP contribution in [-0.4, -0.2) is 9.55 Å². The molecule has 2 aromatic carbocycles. The molecular formula is C13H8Br2FN3. The van der Waals surface area contributed by atoms with Crippen molar-refractivity contribution < 1.29 is 4.39 Å². The number of hydrogen-bond donors (Lipinski definition) is 1. The molecule has 0 fully saturated rings. The van der Waals surface area contributed by atoms with Crippen LogP contribution in [0.4, 0.5) is 10.3 Å². The second kappa shape index (κ2) is 4.61. The smallest absolute Gasteiger partial charge is 0.206 e. The molecule has 0 aliphatic heterocycles.